The average Bonchev–Trinajstić information content (AvgIpc) is 3.05. The summed E-state index contributed by atoms with van der Waals surface area (Å²) in [5.41, 5.74) is 1.80. The van der Waals surface area contributed by atoms with Crippen molar-refractivity contribution in [3.8, 4) is 0 Å². The Kier molecular flexibility index (Phi) is 6.04. The number of thioether (sulfide) groups is 1. The van der Waals surface area contributed by atoms with E-state index in [1.54, 1.807) is 17.8 Å². The summed E-state index contributed by atoms with van der Waals surface area (Å²) in [6.45, 7) is 0.214. The fraction of sp³-hybridized carbons (Fsp3) is 0.188. The van der Waals surface area contributed by atoms with Gasteiger partial charge in [-0.1, -0.05) is 12.1 Å². The summed E-state index contributed by atoms with van der Waals surface area (Å²) in [7, 11) is 0. The van der Waals surface area contributed by atoms with Crippen LogP contribution in [0.4, 0.5) is 0 Å². The van der Waals surface area contributed by atoms with Gasteiger partial charge in [0, 0.05) is 17.5 Å². The monoisotopic (exact) mass is 319 g/mol. The highest BCUT2D eigenvalue weighted by Gasteiger charge is 2.08. The molecule has 1 unspecified atom stereocenters. The molecule has 2 N–H and O–H groups in total. The van der Waals surface area contributed by atoms with E-state index in [0.29, 0.717) is 0 Å². The van der Waals surface area contributed by atoms with Crippen molar-refractivity contribution >= 4 is 35.1 Å². The fourth-order valence-corrected chi connectivity index (χ4v) is 2.84. The molecule has 1 amide bonds. The summed E-state index contributed by atoms with van der Waals surface area (Å²) < 4.78 is 0. The minimum Gasteiger partial charge on any atom is -0.387 e. The molecule has 0 radical (unpaired) electrons. The van der Waals surface area contributed by atoms with Crippen molar-refractivity contribution in [3.05, 3.63) is 58.3 Å². The molecule has 0 spiro atoms. The third-order valence-corrected chi connectivity index (χ3v) is 4.39. The molecule has 0 saturated carbocycles. The van der Waals surface area contributed by atoms with E-state index in [0.717, 1.165) is 11.1 Å². The number of aliphatic hydroxyl groups is 1. The number of carbonyl (C=O) groups excluding carboxylic acids is 1. The average molecular weight is 319 g/mol. The molecular formula is C16H17NO2S2. The largest absolute Gasteiger partial charge is 0.387 e. The summed E-state index contributed by atoms with van der Waals surface area (Å²) in [5, 5.41) is 16.3. The zero-order valence-electron chi connectivity index (χ0n) is 11.7. The molecule has 1 heterocycles. The molecule has 3 nitrogen and oxygen atoms in total. The summed E-state index contributed by atoms with van der Waals surface area (Å²) in [5.74, 6) is -0.210. The molecule has 0 fully saturated rings. The maximum Gasteiger partial charge on any atom is 0.244 e. The number of carbonyl (C=O) groups is 1. The van der Waals surface area contributed by atoms with Crippen LogP contribution in [0.2, 0.25) is 0 Å². The first kappa shape index (κ1) is 15.8. The van der Waals surface area contributed by atoms with Crippen LogP contribution < -0.4 is 5.32 Å². The van der Waals surface area contributed by atoms with Gasteiger partial charge in [0.1, 0.15) is 0 Å². The molecule has 1 atom stereocenters. The Morgan fingerprint density at radius 3 is 2.76 bits per heavy atom. The van der Waals surface area contributed by atoms with Gasteiger partial charge in [-0.3, -0.25) is 4.79 Å². The molecule has 110 valence electrons. The van der Waals surface area contributed by atoms with Gasteiger partial charge in [-0.05, 0) is 52.4 Å². The Morgan fingerprint density at radius 1 is 1.38 bits per heavy atom. The van der Waals surface area contributed by atoms with Crippen molar-refractivity contribution in [1.82, 2.24) is 5.32 Å². The van der Waals surface area contributed by atoms with Crippen LogP contribution in [0.5, 0.6) is 0 Å². The van der Waals surface area contributed by atoms with Crippen molar-refractivity contribution in [2.75, 3.05) is 12.8 Å². The zero-order valence-corrected chi connectivity index (χ0v) is 13.3. The molecule has 21 heavy (non-hydrogen) atoms. The Hall–Kier alpha value is -1.56. The Morgan fingerprint density at radius 2 is 2.14 bits per heavy atom. The smallest absolute Gasteiger partial charge is 0.244 e. The van der Waals surface area contributed by atoms with E-state index in [9.17, 15) is 9.90 Å². The zero-order chi connectivity index (χ0) is 15.1. The maximum atomic E-state index is 11.7. The lowest BCUT2D eigenvalue weighted by molar-refractivity contribution is -0.116. The number of hydrogen-bond donors (Lipinski definition) is 2. The number of aliphatic hydroxyl groups excluding tert-OH is 1. The number of thiophene rings is 1. The van der Waals surface area contributed by atoms with Gasteiger partial charge in [0.05, 0.1) is 6.10 Å². The summed E-state index contributed by atoms with van der Waals surface area (Å²) in [6, 6.07) is 9.82. The second-order valence-electron chi connectivity index (χ2n) is 4.42. The minimum atomic E-state index is -0.658. The Labute approximate surface area is 132 Å². The van der Waals surface area contributed by atoms with Gasteiger partial charge < -0.3 is 10.4 Å². The summed E-state index contributed by atoms with van der Waals surface area (Å²) >= 11 is 3.21. The van der Waals surface area contributed by atoms with Gasteiger partial charge in [0.15, 0.2) is 0 Å². The highest BCUT2D eigenvalue weighted by molar-refractivity contribution is 7.98. The molecular weight excluding hydrogens is 302 g/mol. The van der Waals surface area contributed by atoms with Crippen molar-refractivity contribution in [2.45, 2.75) is 11.0 Å². The van der Waals surface area contributed by atoms with Crippen LogP contribution >= 0.6 is 23.1 Å². The van der Waals surface area contributed by atoms with E-state index in [2.05, 4.69) is 5.32 Å². The van der Waals surface area contributed by atoms with E-state index in [4.69, 9.17) is 0 Å². The first-order valence-corrected chi connectivity index (χ1v) is 8.66. The predicted molar refractivity (Wildman–Crippen MR) is 89.5 cm³/mol. The van der Waals surface area contributed by atoms with Crippen molar-refractivity contribution in [3.63, 3.8) is 0 Å². The SMILES string of the molecule is CSc1ccc(/C=C/C(=O)NCC(O)c2ccsc2)cc1. The van der Waals surface area contributed by atoms with E-state index >= 15 is 0 Å². The summed E-state index contributed by atoms with van der Waals surface area (Å²) in [4.78, 5) is 12.9. The van der Waals surface area contributed by atoms with Crippen LogP contribution in [0.1, 0.15) is 17.2 Å². The molecule has 5 heteroatoms. The third kappa shape index (κ3) is 5.04. The van der Waals surface area contributed by atoms with Crippen LogP contribution in [-0.2, 0) is 4.79 Å². The Bertz CT molecular complexity index is 591. The second kappa shape index (κ2) is 8.02. The molecule has 1 aromatic carbocycles. The quantitative estimate of drug-likeness (QED) is 0.634. The lowest BCUT2D eigenvalue weighted by Crippen LogP contribution is -2.26. The molecule has 1 aromatic heterocycles. The van der Waals surface area contributed by atoms with Crippen LogP contribution in [0.3, 0.4) is 0 Å². The molecule has 0 bridgehead atoms. The molecule has 0 saturated heterocycles. The summed E-state index contributed by atoms with van der Waals surface area (Å²) in [6.07, 6.45) is 4.61. The molecule has 2 aromatic rings. The number of amides is 1. The van der Waals surface area contributed by atoms with Gasteiger partial charge in [-0.25, -0.2) is 0 Å². The van der Waals surface area contributed by atoms with Gasteiger partial charge in [-0.2, -0.15) is 11.3 Å². The van der Waals surface area contributed by atoms with E-state index in [-0.39, 0.29) is 12.5 Å². The van der Waals surface area contributed by atoms with E-state index in [1.165, 1.54) is 22.3 Å². The van der Waals surface area contributed by atoms with Crippen LogP contribution in [0, 0.1) is 0 Å². The van der Waals surface area contributed by atoms with Crippen LogP contribution in [0.15, 0.2) is 52.1 Å². The van der Waals surface area contributed by atoms with E-state index < -0.39 is 6.10 Å². The van der Waals surface area contributed by atoms with Crippen molar-refractivity contribution in [1.29, 1.82) is 0 Å². The van der Waals surface area contributed by atoms with Crippen molar-refractivity contribution < 1.29 is 9.90 Å². The number of rotatable bonds is 6. The minimum absolute atomic E-state index is 0.210. The molecule has 0 aliphatic heterocycles. The van der Waals surface area contributed by atoms with Gasteiger partial charge in [-0.15, -0.1) is 11.8 Å². The standard InChI is InChI=1S/C16H17NO2S2/c1-20-14-5-2-12(3-6-14)4-7-16(19)17-10-15(18)13-8-9-21-11-13/h2-9,11,15,18H,10H2,1H3,(H,17,19)/b7-4+. The molecule has 2 rings (SSSR count). The van der Waals surface area contributed by atoms with Crippen LogP contribution in [0.25, 0.3) is 6.08 Å². The molecule has 0 aliphatic rings. The van der Waals surface area contributed by atoms with Gasteiger partial charge in [0.25, 0.3) is 0 Å². The van der Waals surface area contributed by atoms with E-state index in [1.807, 2.05) is 47.3 Å². The maximum absolute atomic E-state index is 11.7. The van der Waals surface area contributed by atoms with Crippen molar-refractivity contribution in [2.24, 2.45) is 0 Å². The predicted octanol–water partition coefficient (Wildman–Crippen LogP) is 3.33. The first-order valence-electron chi connectivity index (χ1n) is 6.49. The fourth-order valence-electron chi connectivity index (χ4n) is 1.73. The lowest BCUT2D eigenvalue weighted by atomic mass is 10.2. The van der Waals surface area contributed by atoms with Gasteiger partial charge >= 0.3 is 0 Å². The highest BCUT2D eigenvalue weighted by atomic mass is 32.2. The molecule has 0 aliphatic carbocycles. The lowest BCUT2D eigenvalue weighted by Gasteiger charge is -2.08. The Balaban J connectivity index is 1.82. The first-order chi connectivity index (χ1) is 10.2. The third-order valence-electron chi connectivity index (χ3n) is 2.94. The second-order valence-corrected chi connectivity index (χ2v) is 6.08. The topological polar surface area (TPSA) is 49.3 Å². The number of nitrogens with one attached hydrogen (secondary N) is 1. The number of benzene rings is 1. The number of hydrogen-bond acceptors (Lipinski definition) is 4. The normalized spacial score (nSPS) is 12.5. The van der Waals surface area contributed by atoms with Gasteiger partial charge in [0.2, 0.25) is 5.91 Å². The highest BCUT2D eigenvalue weighted by Crippen LogP contribution is 2.16. The van der Waals surface area contributed by atoms with Crippen LogP contribution in [-0.4, -0.2) is 23.8 Å².